The van der Waals surface area contributed by atoms with Crippen LogP contribution in [0.3, 0.4) is 0 Å². The molecule has 0 saturated carbocycles. The fraction of sp³-hybridized carbons (Fsp3) is 0.588. The van der Waals surface area contributed by atoms with Crippen LogP contribution >= 0.6 is 15.9 Å². The van der Waals surface area contributed by atoms with Gasteiger partial charge in [-0.25, -0.2) is 0 Å². The quantitative estimate of drug-likeness (QED) is 0.842. The molecule has 1 N–H and O–H groups in total. The van der Waals surface area contributed by atoms with Crippen LogP contribution in [0.4, 0.5) is 0 Å². The van der Waals surface area contributed by atoms with Gasteiger partial charge in [0, 0.05) is 36.6 Å². The van der Waals surface area contributed by atoms with Gasteiger partial charge in [-0.15, -0.1) is 0 Å². The highest BCUT2D eigenvalue weighted by Crippen LogP contribution is 2.20. The Labute approximate surface area is 136 Å². The average molecular weight is 353 g/mol. The Morgan fingerprint density at radius 3 is 2.76 bits per heavy atom. The third kappa shape index (κ3) is 5.11. The van der Waals surface area contributed by atoms with Gasteiger partial charge in [-0.2, -0.15) is 0 Å². The molecule has 1 heterocycles. The lowest BCUT2D eigenvalue weighted by molar-refractivity contribution is -0.132. The minimum atomic E-state index is 0.297. The summed E-state index contributed by atoms with van der Waals surface area (Å²) in [5, 5.41) is 3.51. The van der Waals surface area contributed by atoms with E-state index in [1.165, 1.54) is 12.0 Å². The Hall–Kier alpha value is -0.870. The Kier molecular flexibility index (Phi) is 6.71. The zero-order valence-electron chi connectivity index (χ0n) is 12.8. The molecular weight excluding hydrogens is 328 g/mol. The molecule has 3 nitrogen and oxygen atoms in total. The van der Waals surface area contributed by atoms with Crippen LogP contribution in [0.2, 0.25) is 0 Å². The first-order valence-corrected chi connectivity index (χ1v) is 8.76. The van der Waals surface area contributed by atoms with Gasteiger partial charge in [0.1, 0.15) is 0 Å². The maximum Gasteiger partial charge on any atom is 0.223 e. The van der Waals surface area contributed by atoms with Crippen LogP contribution in [0.5, 0.6) is 0 Å². The molecule has 1 aromatic rings. The zero-order chi connectivity index (χ0) is 15.1. The van der Waals surface area contributed by atoms with Gasteiger partial charge in [0.05, 0.1) is 0 Å². The second-order valence-electron chi connectivity index (χ2n) is 5.66. The normalized spacial score (nSPS) is 16.8. The highest BCUT2D eigenvalue weighted by atomic mass is 79.9. The largest absolute Gasteiger partial charge is 0.343 e. The number of rotatable bonds is 6. The second-order valence-corrected chi connectivity index (χ2v) is 6.58. The lowest BCUT2D eigenvalue weighted by atomic mass is 10.0. The molecule has 1 fully saturated rings. The molecular formula is C17H25BrN2O. The number of amides is 1. The monoisotopic (exact) mass is 352 g/mol. The first-order chi connectivity index (χ1) is 10.2. The van der Waals surface area contributed by atoms with Gasteiger partial charge in [0.25, 0.3) is 0 Å². The molecule has 0 radical (unpaired) electrons. The van der Waals surface area contributed by atoms with Gasteiger partial charge < -0.3 is 10.2 Å². The van der Waals surface area contributed by atoms with E-state index in [2.05, 4.69) is 46.4 Å². The summed E-state index contributed by atoms with van der Waals surface area (Å²) < 4.78 is 1.10. The Morgan fingerprint density at radius 1 is 1.33 bits per heavy atom. The predicted molar refractivity (Wildman–Crippen MR) is 90.2 cm³/mol. The summed E-state index contributed by atoms with van der Waals surface area (Å²) in [6.45, 7) is 4.81. The molecule has 0 aliphatic carbocycles. The van der Waals surface area contributed by atoms with Crippen molar-refractivity contribution in [2.24, 2.45) is 0 Å². The average Bonchev–Trinajstić information content (AvgIpc) is 2.52. The Balaban J connectivity index is 1.79. The smallest absolute Gasteiger partial charge is 0.223 e. The van der Waals surface area contributed by atoms with E-state index in [9.17, 15) is 4.79 Å². The van der Waals surface area contributed by atoms with Crippen LogP contribution in [-0.4, -0.2) is 30.4 Å². The van der Waals surface area contributed by atoms with E-state index in [0.717, 1.165) is 43.4 Å². The van der Waals surface area contributed by atoms with E-state index in [0.29, 0.717) is 18.4 Å². The number of benzene rings is 1. The van der Waals surface area contributed by atoms with Gasteiger partial charge >= 0.3 is 0 Å². The molecule has 1 aliphatic heterocycles. The van der Waals surface area contributed by atoms with Crippen molar-refractivity contribution in [2.75, 3.05) is 19.6 Å². The van der Waals surface area contributed by atoms with Crippen molar-refractivity contribution in [3.8, 4) is 0 Å². The molecule has 4 heteroatoms. The fourth-order valence-corrected chi connectivity index (χ4v) is 3.29. The molecule has 2 rings (SSSR count). The maximum atomic E-state index is 12.1. The third-order valence-corrected chi connectivity index (χ3v) is 4.59. The molecule has 1 unspecified atom stereocenters. The molecule has 1 aliphatic rings. The number of carbonyl (C=O) groups excluding carboxylic acids is 1. The predicted octanol–water partition coefficient (Wildman–Crippen LogP) is 3.89. The molecule has 1 amide bonds. The lowest BCUT2D eigenvalue weighted by Crippen LogP contribution is -2.37. The Morgan fingerprint density at radius 2 is 2.10 bits per heavy atom. The van der Waals surface area contributed by atoms with E-state index in [4.69, 9.17) is 0 Å². The van der Waals surface area contributed by atoms with Crippen LogP contribution < -0.4 is 5.32 Å². The maximum absolute atomic E-state index is 12.1. The van der Waals surface area contributed by atoms with Crippen molar-refractivity contribution in [1.29, 1.82) is 0 Å². The van der Waals surface area contributed by atoms with Crippen LogP contribution in [0.1, 0.15) is 50.6 Å². The number of nitrogens with zero attached hydrogens (tertiary/aromatic N) is 1. The number of nitrogens with one attached hydrogen (secondary N) is 1. The lowest BCUT2D eigenvalue weighted by Gasteiger charge is -2.27. The SMILES string of the molecule is CCC(NCCC(=O)N1CCCCC1)c1cccc(Br)c1. The van der Waals surface area contributed by atoms with E-state index >= 15 is 0 Å². The van der Waals surface area contributed by atoms with Crippen molar-refractivity contribution in [3.05, 3.63) is 34.3 Å². The summed E-state index contributed by atoms with van der Waals surface area (Å²) in [6, 6.07) is 8.70. The van der Waals surface area contributed by atoms with Crippen LogP contribution in [0.15, 0.2) is 28.7 Å². The van der Waals surface area contributed by atoms with Gasteiger partial charge in [-0.3, -0.25) is 4.79 Å². The van der Waals surface area contributed by atoms with E-state index in [-0.39, 0.29) is 0 Å². The van der Waals surface area contributed by atoms with Gasteiger partial charge in [0.15, 0.2) is 0 Å². The van der Waals surface area contributed by atoms with Crippen molar-refractivity contribution in [1.82, 2.24) is 10.2 Å². The summed E-state index contributed by atoms with van der Waals surface area (Å²) in [4.78, 5) is 14.2. The summed E-state index contributed by atoms with van der Waals surface area (Å²) >= 11 is 3.51. The van der Waals surface area contributed by atoms with Crippen molar-refractivity contribution in [3.63, 3.8) is 0 Å². The minimum Gasteiger partial charge on any atom is -0.343 e. The summed E-state index contributed by atoms with van der Waals surface area (Å²) in [5.41, 5.74) is 1.28. The van der Waals surface area contributed by atoms with E-state index in [1.807, 2.05) is 11.0 Å². The molecule has 1 atom stereocenters. The van der Waals surface area contributed by atoms with E-state index < -0.39 is 0 Å². The van der Waals surface area contributed by atoms with Gasteiger partial charge in [-0.1, -0.05) is 35.0 Å². The molecule has 0 spiro atoms. The van der Waals surface area contributed by atoms with Crippen molar-refractivity contribution >= 4 is 21.8 Å². The van der Waals surface area contributed by atoms with Gasteiger partial charge in [0.2, 0.25) is 5.91 Å². The zero-order valence-corrected chi connectivity index (χ0v) is 14.4. The Bertz CT molecular complexity index is 458. The highest BCUT2D eigenvalue weighted by molar-refractivity contribution is 9.10. The number of halogens is 1. The molecule has 1 saturated heterocycles. The first-order valence-electron chi connectivity index (χ1n) is 7.97. The minimum absolute atomic E-state index is 0.297. The molecule has 0 bridgehead atoms. The number of hydrogen-bond donors (Lipinski definition) is 1. The van der Waals surface area contributed by atoms with E-state index in [1.54, 1.807) is 0 Å². The molecule has 1 aromatic carbocycles. The number of piperidine rings is 1. The van der Waals surface area contributed by atoms with Crippen molar-refractivity contribution < 1.29 is 4.79 Å². The fourth-order valence-electron chi connectivity index (χ4n) is 2.88. The van der Waals surface area contributed by atoms with Crippen molar-refractivity contribution in [2.45, 2.75) is 45.1 Å². The number of likely N-dealkylation sites (tertiary alicyclic amines) is 1. The number of carbonyl (C=O) groups is 1. The topological polar surface area (TPSA) is 32.3 Å². The summed E-state index contributed by atoms with van der Waals surface area (Å²) in [5.74, 6) is 0.297. The standard InChI is InChI=1S/C17H25BrN2O/c1-2-16(14-7-6-8-15(18)13-14)19-10-9-17(21)20-11-4-3-5-12-20/h6-8,13,16,19H,2-5,9-12H2,1H3. The summed E-state index contributed by atoms with van der Waals surface area (Å²) in [6.07, 6.45) is 5.21. The second kappa shape index (κ2) is 8.54. The summed E-state index contributed by atoms with van der Waals surface area (Å²) in [7, 11) is 0. The molecule has 0 aromatic heterocycles. The molecule has 116 valence electrons. The first kappa shape index (κ1) is 16.5. The molecule has 21 heavy (non-hydrogen) atoms. The van der Waals surface area contributed by atoms with Crippen LogP contribution in [-0.2, 0) is 4.79 Å². The van der Waals surface area contributed by atoms with Crippen LogP contribution in [0.25, 0.3) is 0 Å². The van der Waals surface area contributed by atoms with Crippen LogP contribution in [0, 0.1) is 0 Å². The third-order valence-electron chi connectivity index (χ3n) is 4.10. The van der Waals surface area contributed by atoms with Gasteiger partial charge in [-0.05, 0) is 43.4 Å². The highest BCUT2D eigenvalue weighted by Gasteiger charge is 2.16. The number of hydrogen-bond acceptors (Lipinski definition) is 2.